The van der Waals surface area contributed by atoms with Crippen LogP contribution in [0.5, 0.6) is 0 Å². The Bertz CT molecular complexity index is 299. The van der Waals surface area contributed by atoms with E-state index < -0.39 is 0 Å². The normalized spacial score (nSPS) is 16.7. The number of ether oxygens (including phenoxy) is 1. The van der Waals surface area contributed by atoms with Crippen LogP contribution in [0.4, 0.5) is 0 Å². The molecule has 1 heterocycles. The van der Waals surface area contributed by atoms with Gasteiger partial charge in [-0.25, -0.2) is 0 Å². The van der Waals surface area contributed by atoms with E-state index in [4.69, 9.17) is 4.74 Å². The first-order valence-electron chi connectivity index (χ1n) is 6.54. The molecule has 98 valence electrons. The second-order valence-corrected chi connectivity index (χ2v) is 5.33. The predicted octanol–water partition coefficient (Wildman–Crippen LogP) is 3.47. The fraction of sp³-hybridized carbons (Fsp3) is 0.714. The van der Waals surface area contributed by atoms with Crippen LogP contribution in [0.2, 0.25) is 0 Å². The van der Waals surface area contributed by atoms with Crippen LogP contribution in [-0.4, -0.2) is 24.8 Å². The highest BCUT2D eigenvalue weighted by molar-refractivity contribution is 7.07. The number of nitrogens with one attached hydrogen (secondary N) is 1. The second kappa shape index (κ2) is 7.14. The lowest BCUT2D eigenvalue weighted by molar-refractivity contribution is -0.0546. The van der Waals surface area contributed by atoms with Crippen molar-refractivity contribution in [2.75, 3.05) is 13.2 Å². The lowest BCUT2D eigenvalue weighted by Crippen LogP contribution is -2.51. The van der Waals surface area contributed by atoms with E-state index >= 15 is 0 Å². The smallest absolute Gasteiger partial charge is 0.0807 e. The minimum Gasteiger partial charge on any atom is -0.374 e. The molecule has 1 aromatic rings. The van der Waals surface area contributed by atoms with Gasteiger partial charge in [-0.15, -0.1) is 0 Å². The van der Waals surface area contributed by atoms with E-state index in [-0.39, 0.29) is 5.60 Å². The summed E-state index contributed by atoms with van der Waals surface area (Å²) in [5.74, 6) is 0. The van der Waals surface area contributed by atoms with Crippen LogP contribution in [0.3, 0.4) is 0 Å². The Balaban J connectivity index is 2.75. The summed E-state index contributed by atoms with van der Waals surface area (Å²) < 4.78 is 5.98. The Morgan fingerprint density at radius 2 is 2.18 bits per heavy atom. The van der Waals surface area contributed by atoms with Gasteiger partial charge in [0.15, 0.2) is 0 Å². The molecular weight excluding hydrogens is 230 g/mol. The molecule has 2 unspecified atom stereocenters. The summed E-state index contributed by atoms with van der Waals surface area (Å²) in [5.41, 5.74) is 1.33. The van der Waals surface area contributed by atoms with Gasteiger partial charge in [0, 0.05) is 12.6 Å². The topological polar surface area (TPSA) is 21.3 Å². The maximum atomic E-state index is 5.98. The molecule has 1 rings (SSSR count). The van der Waals surface area contributed by atoms with Crippen molar-refractivity contribution in [3.05, 3.63) is 22.4 Å². The van der Waals surface area contributed by atoms with Crippen molar-refractivity contribution in [1.82, 2.24) is 5.32 Å². The van der Waals surface area contributed by atoms with Crippen molar-refractivity contribution < 1.29 is 4.74 Å². The zero-order chi connectivity index (χ0) is 12.7. The molecule has 0 aliphatic carbocycles. The summed E-state index contributed by atoms with van der Waals surface area (Å²) in [6.07, 6.45) is 2.07. The number of hydrogen-bond donors (Lipinski definition) is 1. The summed E-state index contributed by atoms with van der Waals surface area (Å²) in [6, 6.07) is 2.59. The lowest BCUT2D eigenvalue weighted by Gasteiger charge is -2.37. The highest BCUT2D eigenvalue weighted by atomic mass is 32.1. The number of rotatable bonds is 8. The van der Waals surface area contributed by atoms with Crippen LogP contribution >= 0.6 is 11.3 Å². The second-order valence-electron chi connectivity index (χ2n) is 4.55. The first-order chi connectivity index (χ1) is 8.16. The first kappa shape index (κ1) is 14.7. The highest BCUT2D eigenvalue weighted by Gasteiger charge is 2.32. The molecule has 0 amide bonds. The minimum absolute atomic E-state index is 0.0767. The van der Waals surface area contributed by atoms with E-state index in [1.165, 1.54) is 5.56 Å². The van der Waals surface area contributed by atoms with Gasteiger partial charge in [0.25, 0.3) is 0 Å². The van der Waals surface area contributed by atoms with E-state index in [1.54, 1.807) is 11.3 Å². The van der Waals surface area contributed by atoms with Crippen LogP contribution in [0, 0.1) is 0 Å². The van der Waals surface area contributed by atoms with E-state index in [9.17, 15) is 0 Å². The fourth-order valence-corrected chi connectivity index (χ4v) is 2.86. The van der Waals surface area contributed by atoms with Crippen molar-refractivity contribution in [3.63, 3.8) is 0 Å². The number of thiophene rings is 1. The molecule has 0 aliphatic heterocycles. The van der Waals surface area contributed by atoms with E-state index in [0.717, 1.165) is 26.0 Å². The fourth-order valence-electron chi connectivity index (χ4n) is 2.17. The summed E-state index contributed by atoms with van der Waals surface area (Å²) in [4.78, 5) is 0. The van der Waals surface area contributed by atoms with Gasteiger partial charge in [0.2, 0.25) is 0 Å². The van der Waals surface area contributed by atoms with Crippen molar-refractivity contribution in [2.24, 2.45) is 0 Å². The van der Waals surface area contributed by atoms with Crippen molar-refractivity contribution in [3.8, 4) is 0 Å². The molecule has 0 aromatic carbocycles. The lowest BCUT2D eigenvalue weighted by atomic mass is 9.88. The zero-order valence-electron chi connectivity index (χ0n) is 11.5. The number of likely N-dealkylation sites (N-methyl/N-ethyl adjacent to an activating group) is 1. The first-order valence-corrected chi connectivity index (χ1v) is 7.49. The van der Waals surface area contributed by atoms with Crippen LogP contribution in [0.1, 0.15) is 39.7 Å². The Labute approximate surface area is 109 Å². The standard InChI is InChI=1S/C14H25NOS/c1-5-14(4,16-7-3)13(15-6-2)10-12-8-9-17-11-12/h8-9,11,13,15H,5-7,10H2,1-4H3. The summed E-state index contributed by atoms with van der Waals surface area (Å²) in [7, 11) is 0. The molecule has 1 aromatic heterocycles. The third-order valence-corrected chi connectivity index (χ3v) is 4.12. The van der Waals surface area contributed by atoms with E-state index in [2.05, 4.69) is 49.8 Å². The van der Waals surface area contributed by atoms with Gasteiger partial charge in [0.05, 0.1) is 5.60 Å². The zero-order valence-corrected chi connectivity index (χ0v) is 12.3. The third kappa shape index (κ3) is 4.09. The summed E-state index contributed by atoms with van der Waals surface area (Å²) in [5, 5.41) is 7.95. The molecule has 0 aliphatic rings. The number of hydrogen-bond acceptors (Lipinski definition) is 3. The average molecular weight is 255 g/mol. The maximum absolute atomic E-state index is 5.98. The molecule has 1 N–H and O–H groups in total. The SMILES string of the molecule is CCNC(Cc1ccsc1)C(C)(CC)OCC. The summed E-state index contributed by atoms with van der Waals surface area (Å²) in [6.45, 7) is 10.4. The molecule has 0 bridgehead atoms. The third-order valence-electron chi connectivity index (χ3n) is 3.38. The Morgan fingerprint density at radius 3 is 2.65 bits per heavy atom. The molecule has 0 saturated carbocycles. The highest BCUT2D eigenvalue weighted by Crippen LogP contribution is 2.24. The quantitative estimate of drug-likeness (QED) is 0.768. The van der Waals surface area contributed by atoms with Crippen LogP contribution < -0.4 is 5.32 Å². The molecule has 2 atom stereocenters. The maximum Gasteiger partial charge on any atom is 0.0807 e. The molecule has 2 nitrogen and oxygen atoms in total. The molecule has 17 heavy (non-hydrogen) atoms. The van der Waals surface area contributed by atoms with Gasteiger partial charge in [-0.2, -0.15) is 11.3 Å². The summed E-state index contributed by atoms with van der Waals surface area (Å²) >= 11 is 1.76. The van der Waals surface area contributed by atoms with Gasteiger partial charge < -0.3 is 10.1 Å². The monoisotopic (exact) mass is 255 g/mol. The largest absolute Gasteiger partial charge is 0.374 e. The Kier molecular flexibility index (Phi) is 6.17. The van der Waals surface area contributed by atoms with Gasteiger partial charge in [0.1, 0.15) is 0 Å². The van der Waals surface area contributed by atoms with Gasteiger partial charge >= 0.3 is 0 Å². The van der Waals surface area contributed by atoms with E-state index in [0.29, 0.717) is 6.04 Å². The molecule has 0 radical (unpaired) electrons. The molecule has 0 spiro atoms. The van der Waals surface area contributed by atoms with Gasteiger partial charge in [-0.1, -0.05) is 13.8 Å². The molecule has 3 heteroatoms. The predicted molar refractivity (Wildman–Crippen MR) is 75.8 cm³/mol. The van der Waals surface area contributed by atoms with Crippen molar-refractivity contribution in [1.29, 1.82) is 0 Å². The average Bonchev–Trinajstić information content (AvgIpc) is 2.81. The molecule has 0 saturated heterocycles. The molecular formula is C14H25NOS. The van der Waals surface area contributed by atoms with Crippen LogP contribution in [0.25, 0.3) is 0 Å². The van der Waals surface area contributed by atoms with Crippen molar-refractivity contribution >= 4 is 11.3 Å². The van der Waals surface area contributed by atoms with Crippen molar-refractivity contribution in [2.45, 2.75) is 52.2 Å². The van der Waals surface area contributed by atoms with Gasteiger partial charge in [-0.3, -0.25) is 0 Å². The van der Waals surface area contributed by atoms with Gasteiger partial charge in [-0.05, 0) is 55.6 Å². The molecule has 0 fully saturated rings. The Hall–Kier alpha value is -0.380. The minimum atomic E-state index is -0.0767. The van der Waals surface area contributed by atoms with Crippen LogP contribution in [0.15, 0.2) is 16.8 Å². The Morgan fingerprint density at radius 1 is 1.41 bits per heavy atom. The van der Waals surface area contributed by atoms with E-state index in [1.807, 2.05) is 0 Å². The van der Waals surface area contributed by atoms with Crippen LogP contribution in [-0.2, 0) is 11.2 Å².